The molecule has 0 bridgehead atoms. The van der Waals surface area contributed by atoms with Crippen molar-refractivity contribution in [2.24, 2.45) is 0 Å². The van der Waals surface area contributed by atoms with Gasteiger partial charge in [0.15, 0.2) is 0 Å². The van der Waals surface area contributed by atoms with Crippen LogP contribution in [0.3, 0.4) is 0 Å². The molecule has 2 heterocycles. The second-order valence-corrected chi connectivity index (χ2v) is 4.36. The lowest BCUT2D eigenvalue weighted by atomic mass is 10.2. The Morgan fingerprint density at radius 1 is 1.61 bits per heavy atom. The van der Waals surface area contributed by atoms with Crippen LogP contribution in [-0.4, -0.2) is 43.2 Å². The van der Waals surface area contributed by atoms with Gasteiger partial charge in [0.2, 0.25) is 5.91 Å². The van der Waals surface area contributed by atoms with Crippen molar-refractivity contribution < 1.29 is 9.53 Å². The van der Waals surface area contributed by atoms with Gasteiger partial charge in [0.05, 0.1) is 19.1 Å². The molecule has 2 rings (SSSR count). The largest absolute Gasteiger partial charge is 0.375 e. The van der Waals surface area contributed by atoms with Crippen molar-refractivity contribution in [2.45, 2.75) is 18.9 Å². The number of nitrogens with zero attached hydrogens (tertiary/aromatic N) is 1. The van der Waals surface area contributed by atoms with Crippen LogP contribution in [-0.2, 0) is 16.0 Å². The lowest BCUT2D eigenvalue weighted by molar-refractivity contribution is -0.124. The van der Waals surface area contributed by atoms with E-state index in [4.69, 9.17) is 4.74 Å². The van der Waals surface area contributed by atoms with E-state index in [1.165, 1.54) is 0 Å². The van der Waals surface area contributed by atoms with E-state index in [0.29, 0.717) is 19.6 Å². The number of rotatable bonds is 5. The van der Waals surface area contributed by atoms with Gasteiger partial charge in [-0.25, -0.2) is 0 Å². The van der Waals surface area contributed by atoms with Gasteiger partial charge in [0.1, 0.15) is 0 Å². The van der Waals surface area contributed by atoms with Crippen molar-refractivity contribution in [1.29, 1.82) is 0 Å². The Morgan fingerprint density at radius 2 is 2.56 bits per heavy atom. The van der Waals surface area contributed by atoms with Crippen LogP contribution < -0.4 is 10.6 Å². The minimum absolute atomic E-state index is 0.0112. The van der Waals surface area contributed by atoms with Crippen LogP contribution in [0, 0.1) is 0 Å². The molecule has 1 aromatic heterocycles. The summed E-state index contributed by atoms with van der Waals surface area (Å²) in [4.78, 5) is 15.7. The molecule has 1 amide bonds. The summed E-state index contributed by atoms with van der Waals surface area (Å²) in [6.45, 7) is 2.97. The maximum atomic E-state index is 11.7. The molecule has 1 fully saturated rings. The Labute approximate surface area is 107 Å². The minimum atomic E-state index is 0.0112. The lowest BCUT2D eigenvalue weighted by Gasteiger charge is -2.23. The highest BCUT2D eigenvalue weighted by Crippen LogP contribution is 2.01. The Bertz CT molecular complexity index is 364. The maximum Gasteiger partial charge on any atom is 0.222 e. The predicted octanol–water partition coefficient (Wildman–Crippen LogP) is 0.119. The Kier molecular flexibility index (Phi) is 5.11. The van der Waals surface area contributed by atoms with Crippen LogP contribution in [0.5, 0.6) is 0 Å². The molecule has 1 unspecified atom stereocenters. The number of hydrogen-bond donors (Lipinski definition) is 2. The monoisotopic (exact) mass is 249 g/mol. The van der Waals surface area contributed by atoms with Crippen molar-refractivity contribution in [1.82, 2.24) is 15.6 Å². The quantitative estimate of drug-likeness (QED) is 0.778. The summed E-state index contributed by atoms with van der Waals surface area (Å²) >= 11 is 0. The van der Waals surface area contributed by atoms with Gasteiger partial charge in [-0.15, -0.1) is 0 Å². The van der Waals surface area contributed by atoms with Crippen molar-refractivity contribution in [3.05, 3.63) is 30.1 Å². The van der Waals surface area contributed by atoms with Crippen molar-refractivity contribution >= 4 is 5.91 Å². The van der Waals surface area contributed by atoms with E-state index in [-0.39, 0.29) is 12.0 Å². The summed E-state index contributed by atoms with van der Waals surface area (Å²) < 4.78 is 5.48. The van der Waals surface area contributed by atoms with Crippen LogP contribution in [0.15, 0.2) is 24.5 Å². The first kappa shape index (κ1) is 13.0. The molecule has 98 valence electrons. The molecule has 1 atom stereocenters. The van der Waals surface area contributed by atoms with Gasteiger partial charge in [0.25, 0.3) is 0 Å². The minimum Gasteiger partial charge on any atom is -0.375 e. The first-order chi connectivity index (χ1) is 8.84. The van der Waals surface area contributed by atoms with Gasteiger partial charge in [-0.3, -0.25) is 9.78 Å². The van der Waals surface area contributed by atoms with Crippen LogP contribution in [0.4, 0.5) is 0 Å². The molecule has 0 aliphatic carbocycles. The lowest BCUT2D eigenvalue weighted by Crippen LogP contribution is -2.41. The number of amides is 1. The summed E-state index contributed by atoms with van der Waals surface area (Å²) in [5.74, 6) is 0.0487. The number of aromatic nitrogens is 1. The van der Waals surface area contributed by atoms with E-state index in [9.17, 15) is 4.79 Å². The second kappa shape index (κ2) is 7.08. The number of morpholine rings is 1. The molecule has 0 spiro atoms. The Morgan fingerprint density at radius 3 is 3.28 bits per heavy atom. The summed E-state index contributed by atoms with van der Waals surface area (Å²) in [7, 11) is 0. The third-order valence-electron chi connectivity index (χ3n) is 2.88. The first-order valence-electron chi connectivity index (χ1n) is 6.32. The fraction of sp³-hybridized carbons (Fsp3) is 0.538. The van der Waals surface area contributed by atoms with Crippen molar-refractivity contribution in [3.63, 3.8) is 0 Å². The van der Waals surface area contributed by atoms with Crippen molar-refractivity contribution in [2.75, 3.05) is 26.2 Å². The molecule has 2 N–H and O–H groups in total. The number of nitrogens with one attached hydrogen (secondary N) is 2. The second-order valence-electron chi connectivity index (χ2n) is 4.36. The summed E-state index contributed by atoms with van der Waals surface area (Å²) in [6.07, 6.45) is 4.82. The number of pyridine rings is 1. The van der Waals surface area contributed by atoms with E-state index >= 15 is 0 Å². The van der Waals surface area contributed by atoms with Gasteiger partial charge >= 0.3 is 0 Å². The maximum absolute atomic E-state index is 11.7. The molecule has 1 aliphatic heterocycles. The summed E-state index contributed by atoms with van der Waals surface area (Å²) in [5.41, 5.74) is 1.13. The zero-order valence-electron chi connectivity index (χ0n) is 10.4. The van der Waals surface area contributed by atoms with Gasteiger partial charge in [-0.1, -0.05) is 6.07 Å². The molecule has 0 aromatic carbocycles. The van der Waals surface area contributed by atoms with Gasteiger partial charge in [0, 0.05) is 32.0 Å². The third kappa shape index (κ3) is 4.43. The zero-order chi connectivity index (χ0) is 12.6. The van der Waals surface area contributed by atoms with E-state index in [1.807, 2.05) is 18.3 Å². The highest BCUT2D eigenvalue weighted by molar-refractivity contribution is 5.76. The number of carbonyl (C=O) groups is 1. The molecule has 0 saturated carbocycles. The molecule has 5 nitrogen and oxygen atoms in total. The smallest absolute Gasteiger partial charge is 0.222 e. The molecule has 1 aromatic rings. The normalized spacial score (nSPS) is 19.4. The molecule has 1 saturated heterocycles. The van der Waals surface area contributed by atoms with Gasteiger partial charge in [-0.2, -0.15) is 0 Å². The van der Waals surface area contributed by atoms with E-state index in [1.54, 1.807) is 6.20 Å². The average Bonchev–Trinajstić information content (AvgIpc) is 2.41. The van der Waals surface area contributed by atoms with Crippen LogP contribution in [0.25, 0.3) is 0 Å². The van der Waals surface area contributed by atoms with Crippen LogP contribution in [0.1, 0.15) is 12.0 Å². The molecular formula is C13H19N3O2. The Hall–Kier alpha value is -1.46. The number of ether oxygens (including phenoxy) is 1. The number of hydrogen-bond acceptors (Lipinski definition) is 4. The van der Waals surface area contributed by atoms with Crippen LogP contribution >= 0.6 is 0 Å². The number of carbonyl (C=O) groups excluding carboxylic acids is 1. The van der Waals surface area contributed by atoms with Gasteiger partial charge in [-0.05, 0) is 18.1 Å². The Balaban J connectivity index is 1.62. The molecule has 18 heavy (non-hydrogen) atoms. The molecular weight excluding hydrogens is 230 g/mol. The standard InChI is InChI=1S/C13H19N3O2/c17-13(8-12-10-15-6-7-18-12)16-5-3-11-2-1-4-14-9-11/h1-2,4,9,12,15H,3,5-8,10H2,(H,16,17). The van der Waals surface area contributed by atoms with E-state index < -0.39 is 0 Å². The third-order valence-corrected chi connectivity index (χ3v) is 2.88. The summed E-state index contributed by atoms with van der Waals surface area (Å²) in [5, 5.41) is 6.11. The molecule has 1 aliphatic rings. The van der Waals surface area contributed by atoms with E-state index in [2.05, 4.69) is 15.6 Å². The molecule has 5 heteroatoms. The SMILES string of the molecule is O=C(CC1CNCCO1)NCCc1cccnc1. The van der Waals surface area contributed by atoms with E-state index in [0.717, 1.165) is 25.1 Å². The van der Waals surface area contributed by atoms with Gasteiger partial charge < -0.3 is 15.4 Å². The van der Waals surface area contributed by atoms with Crippen LogP contribution in [0.2, 0.25) is 0 Å². The fourth-order valence-electron chi connectivity index (χ4n) is 1.92. The summed E-state index contributed by atoms with van der Waals surface area (Å²) in [6, 6.07) is 3.91. The fourth-order valence-corrected chi connectivity index (χ4v) is 1.92. The predicted molar refractivity (Wildman–Crippen MR) is 68.2 cm³/mol. The first-order valence-corrected chi connectivity index (χ1v) is 6.32. The zero-order valence-corrected chi connectivity index (χ0v) is 10.4. The highest BCUT2D eigenvalue weighted by Gasteiger charge is 2.16. The van der Waals surface area contributed by atoms with Crippen molar-refractivity contribution in [3.8, 4) is 0 Å². The average molecular weight is 249 g/mol. The highest BCUT2D eigenvalue weighted by atomic mass is 16.5. The topological polar surface area (TPSA) is 63.2 Å². The molecule has 0 radical (unpaired) electrons.